The highest BCUT2D eigenvalue weighted by Gasteiger charge is 2.14. The Morgan fingerprint density at radius 2 is 2.14 bits per heavy atom. The number of rotatable bonds is 3. The third-order valence-electron chi connectivity index (χ3n) is 1.84. The highest BCUT2D eigenvalue weighted by molar-refractivity contribution is 6.30. The number of nitrogen functional groups attached to an aromatic ring is 1. The van der Waals surface area contributed by atoms with Gasteiger partial charge in [-0.3, -0.25) is 4.79 Å². The van der Waals surface area contributed by atoms with Crippen molar-refractivity contribution in [2.24, 2.45) is 0 Å². The summed E-state index contributed by atoms with van der Waals surface area (Å²) in [5.74, 6) is 0.492. The third kappa shape index (κ3) is 2.39. The molecule has 0 amide bonds. The minimum Gasteiger partial charge on any atom is -0.497 e. The number of methoxy groups -OCH3 is 1. The Kier molecular flexibility index (Phi) is 3.36. The smallest absolute Gasteiger partial charge is 0.152 e. The molecule has 0 aliphatic carbocycles. The van der Waals surface area contributed by atoms with Gasteiger partial charge in [0.05, 0.1) is 7.11 Å². The van der Waals surface area contributed by atoms with Gasteiger partial charge in [0.15, 0.2) is 5.78 Å². The molecular formula is C10H12ClNO2. The number of ether oxygens (including phenoxy) is 1. The second kappa shape index (κ2) is 4.33. The summed E-state index contributed by atoms with van der Waals surface area (Å²) in [6, 6.07) is 5.05. The summed E-state index contributed by atoms with van der Waals surface area (Å²) in [5.41, 5.74) is 6.82. The molecule has 0 spiro atoms. The maximum Gasteiger partial charge on any atom is 0.152 e. The van der Waals surface area contributed by atoms with Crippen LogP contribution in [0.25, 0.3) is 0 Å². The highest BCUT2D eigenvalue weighted by atomic mass is 35.5. The second-order valence-electron chi connectivity index (χ2n) is 3.01. The fraction of sp³-hybridized carbons (Fsp3) is 0.300. The zero-order valence-corrected chi connectivity index (χ0v) is 8.84. The summed E-state index contributed by atoms with van der Waals surface area (Å²) in [6.07, 6.45) is 0. The molecule has 0 fully saturated rings. The van der Waals surface area contributed by atoms with Crippen molar-refractivity contribution in [1.29, 1.82) is 0 Å². The predicted octanol–water partition coefficient (Wildman–Crippen LogP) is 2.15. The number of hydrogen-bond donors (Lipinski definition) is 1. The minimum absolute atomic E-state index is 0.112. The number of halogens is 1. The molecule has 0 saturated carbocycles. The lowest BCUT2D eigenvalue weighted by molar-refractivity contribution is -0.116. The van der Waals surface area contributed by atoms with Gasteiger partial charge in [-0.25, -0.2) is 0 Å². The van der Waals surface area contributed by atoms with E-state index in [0.29, 0.717) is 17.0 Å². The molecule has 76 valence electrons. The van der Waals surface area contributed by atoms with Gasteiger partial charge in [-0.15, -0.1) is 11.6 Å². The number of benzene rings is 1. The number of hydrogen-bond acceptors (Lipinski definition) is 3. The molecule has 0 aliphatic rings. The van der Waals surface area contributed by atoms with E-state index in [0.717, 1.165) is 0 Å². The van der Waals surface area contributed by atoms with Crippen LogP contribution in [-0.2, 0) is 4.79 Å². The van der Waals surface area contributed by atoms with E-state index in [1.165, 1.54) is 14.0 Å². The first-order valence-corrected chi connectivity index (χ1v) is 4.57. The lowest BCUT2D eigenvalue weighted by Gasteiger charge is -2.09. The molecule has 4 heteroatoms. The molecule has 2 N–H and O–H groups in total. The summed E-state index contributed by atoms with van der Waals surface area (Å²) in [7, 11) is 1.54. The number of nitrogens with two attached hydrogens (primary N) is 1. The Hall–Kier alpha value is -1.22. The van der Waals surface area contributed by atoms with E-state index in [1.54, 1.807) is 18.2 Å². The average Bonchev–Trinajstić information content (AvgIpc) is 2.15. The van der Waals surface area contributed by atoms with Crippen molar-refractivity contribution < 1.29 is 9.53 Å². The molecule has 0 aliphatic heterocycles. The number of carbonyl (C=O) groups is 1. The molecule has 0 radical (unpaired) electrons. The summed E-state index contributed by atoms with van der Waals surface area (Å²) in [4.78, 5) is 11.0. The third-order valence-corrected chi connectivity index (χ3v) is 2.40. The van der Waals surface area contributed by atoms with Crippen LogP contribution in [-0.4, -0.2) is 12.9 Å². The Bertz CT molecular complexity index is 352. The molecule has 0 aromatic heterocycles. The Labute approximate surface area is 87.8 Å². The van der Waals surface area contributed by atoms with Gasteiger partial charge in [0, 0.05) is 11.8 Å². The molecule has 1 unspecified atom stereocenters. The van der Waals surface area contributed by atoms with Crippen LogP contribution in [0, 0.1) is 0 Å². The predicted molar refractivity (Wildman–Crippen MR) is 56.7 cm³/mol. The first kappa shape index (κ1) is 10.9. The largest absolute Gasteiger partial charge is 0.497 e. The SMILES string of the molecule is COc1cc(N)cc(C(Cl)C(C)=O)c1. The van der Waals surface area contributed by atoms with Crippen molar-refractivity contribution in [3.8, 4) is 5.75 Å². The van der Waals surface area contributed by atoms with E-state index in [-0.39, 0.29) is 5.78 Å². The number of Topliss-reactive ketones (excluding diaryl/α,β-unsaturated/α-hetero) is 1. The summed E-state index contributed by atoms with van der Waals surface area (Å²) in [5, 5.41) is -0.660. The molecule has 0 bridgehead atoms. The summed E-state index contributed by atoms with van der Waals surface area (Å²) < 4.78 is 5.02. The minimum atomic E-state index is -0.660. The number of alkyl halides is 1. The van der Waals surface area contributed by atoms with Gasteiger partial charge in [-0.05, 0) is 24.6 Å². The van der Waals surface area contributed by atoms with Gasteiger partial charge in [-0.2, -0.15) is 0 Å². The van der Waals surface area contributed by atoms with E-state index in [9.17, 15) is 4.79 Å². The van der Waals surface area contributed by atoms with Crippen LogP contribution in [0.15, 0.2) is 18.2 Å². The van der Waals surface area contributed by atoms with Crippen molar-refractivity contribution >= 4 is 23.1 Å². The highest BCUT2D eigenvalue weighted by Crippen LogP contribution is 2.27. The van der Waals surface area contributed by atoms with Crippen LogP contribution in [0.2, 0.25) is 0 Å². The molecular weight excluding hydrogens is 202 g/mol. The van der Waals surface area contributed by atoms with E-state index in [2.05, 4.69) is 0 Å². The lowest BCUT2D eigenvalue weighted by atomic mass is 10.1. The molecule has 1 aromatic rings. The molecule has 0 heterocycles. The van der Waals surface area contributed by atoms with Gasteiger partial charge >= 0.3 is 0 Å². The number of anilines is 1. The second-order valence-corrected chi connectivity index (χ2v) is 3.45. The number of carbonyl (C=O) groups excluding carboxylic acids is 1. The Balaban J connectivity index is 3.08. The van der Waals surface area contributed by atoms with Crippen molar-refractivity contribution in [2.45, 2.75) is 12.3 Å². The van der Waals surface area contributed by atoms with Crippen molar-refractivity contribution in [1.82, 2.24) is 0 Å². The normalized spacial score (nSPS) is 12.2. The Morgan fingerprint density at radius 1 is 1.50 bits per heavy atom. The Morgan fingerprint density at radius 3 is 2.64 bits per heavy atom. The molecule has 0 saturated heterocycles. The van der Waals surface area contributed by atoms with Crippen LogP contribution in [0.3, 0.4) is 0 Å². The fourth-order valence-electron chi connectivity index (χ4n) is 1.14. The van der Waals surface area contributed by atoms with Crippen molar-refractivity contribution in [3.05, 3.63) is 23.8 Å². The van der Waals surface area contributed by atoms with Gasteiger partial charge < -0.3 is 10.5 Å². The molecule has 1 aromatic carbocycles. The monoisotopic (exact) mass is 213 g/mol. The van der Waals surface area contributed by atoms with Gasteiger partial charge in [-0.1, -0.05) is 0 Å². The van der Waals surface area contributed by atoms with E-state index < -0.39 is 5.38 Å². The van der Waals surface area contributed by atoms with Gasteiger partial charge in [0.25, 0.3) is 0 Å². The topological polar surface area (TPSA) is 52.3 Å². The van der Waals surface area contributed by atoms with E-state index in [4.69, 9.17) is 22.1 Å². The molecule has 14 heavy (non-hydrogen) atoms. The average molecular weight is 214 g/mol. The molecule has 1 atom stereocenters. The van der Waals surface area contributed by atoms with Crippen molar-refractivity contribution in [3.63, 3.8) is 0 Å². The standard InChI is InChI=1S/C10H12ClNO2/c1-6(13)10(11)7-3-8(12)5-9(4-7)14-2/h3-5,10H,12H2,1-2H3. The van der Waals surface area contributed by atoms with Crippen LogP contribution < -0.4 is 10.5 Å². The summed E-state index contributed by atoms with van der Waals surface area (Å²) in [6.45, 7) is 1.44. The molecule has 3 nitrogen and oxygen atoms in total. The van der Waals surface area contributed by atoms with Crippen LogP contribution in [0.5, 0.6) is 5.75 Å². The van der Waals surface area contributed by atoms with E-state index >= 15 is 0 Å². The van der Waals surface area contributed by atoms with Crippen LogP contribution in [0.1, 0.15) is 17.9 Å². The molecule has 1 rings (SSSR count). The quantitative estimate of drug-likeness (QED) is 0.618. The fourth-order valence-corrected chi connectivity index (χ4v) is 1.27. The number of ketones is 1. The van der Waals surface area contributed by atoms with Gasteiger partial charge in [0.2, 0.25) is 0 Å². The zero-order chi connectivity index (χ0) is 10.7. The van der Waals surface area contributed by atoms with Crippen LogP contribution >= 0.6 is 11.6 Å². The van der Waals surface area contributed by atoms with E-state index in [1.807, 2.05) is 0 Å². The lowest BCUT2D eigenvalue weighted by Crippen LogP contribution is -2.02. The summed E-state index contributed by atoms with van der Waals surface area (Å²) >= 11 is 5.88. The van der Waals surface area contributed by atoms with Crippen molar-refractivity contribution in [2.75, 3.05) is 12.8 Å². The maximum absolute atomic E-state index is 11.0. The zero-order valence-electron chi connectivity index (χ0n) is 8.08. The first-order valence-electron chi connectivity index (χ1n) is 4.13. The maximum atomic E-state index is 11.0. The first-order chi connectivity index (χ1) is 6.54. The van der Waals surface area contributed by atoms with Crippen LogP contribution in [0.4, 0.5) is 5.69 Å². The van der Waals surface area contributed by atoms with Gasteiger partial charge in [0.1, 0.15) is 11.1 Å².